The Bertz CT molecular complexity index is 1020. The van der Waals surface area contributed by atoms with Crippen LogP contribution in [0.15, 0.2) is 55.0 Å². The van der Waals surface area contributed by atoms with Gasteiger partial charge in [0, 0.05) is 50.6 Å². The molecule has 2 aromatic heterocycles. The van der Waals surface area contributed by atoms with Crippen molar-refractivity contribution in [3.8, 4) is 11.6 Å². The molecule has 2 aliphatic heterocycles. The van der Waals surface area contributed by atoms with Crippen molar-refractivity contribution in [2.75, 3.05) is 26.2 Å². The molecule has 3 aromatic rings. The van der Waals surface area contributed by atoms with Gasteiger partial charge in [-0.3, -0.25) is 0 Å². The zero-order chi connectivity index (χ0) is 20.5. The number of nitrogens with zero attached hydrogens (tertiary/aromatic N) is 6. The zero-order valence-corrected chi connectivity index (χ0v) is 17.0. The Labute approximate surface area is 179 Å². The number of amides is 2. The van der Waals surface area contributed by atoms with Gasteiger partial charge in [0.1, 0.15) is 5.75 Å². The van der Waals surface area contributed by atoms with Crippen LogP contribution in [0, 0.1) is 0 Å². The molecule has 4 heterocycles. The topological polar surface area (TPSA) is 76.4 Å². The third-order valence-corrected chi connectivity index (χ3v) is 6.00. The lowest BCUT2D eigenvalue weighted by molar-refractivity contribution is 0.120. The van der Waals surface area contributed by atoms with Crippen molar-refractivity contribution in [2.45, 2.75) is 18.4 Å². The number of hydrogen-bond acceptors (Lipinski definition) is 5. The Morgan fingerprint density at radius 1 is 1.10 bits per heavy atom. The lowest BCUT2D eigenvalue weighted by Crippen LogP contribution is -2.53. The maximum absolute atomic E-state index is 12.8. The molecule has 8 nitrogen and oxygen atoms in total. The van der Waals surface area contributed by atoms with Crippen molar-refractivity contribution in [2.24, 2.45) is 0 Å². The van der Waals surface area contributed by atoms with E-state index in [-0.39, 0.29) is 12.1 Å². The van der Waals surface area contributed by atoms with Crippen LogP contribution in [-0.2, 0) is 0 Å². The predicted octanol–water partition coefficient (Wildman–Crippen LogP) is 3.59. The molecule has 2 saturated heterocycles. The molecule has 0 N–H and O–H groups in total. The van der Waals surface area contributed by atoms with E-state index >= 15 is 0 Å². The first-order chi connectivity index (χ1) is 14.7. The van der Waals surface area contributed by atoms with Crippen LogP contribution in [0.5, 0.6) is 11.6 Å². The summed E-state index contributed by atoms with van der Waals surface area (Å²) in [5.41, 5.74) is 1.10. The fourth-order valence-corrected chi connectivity index (χ4v) is 4.10. The van der Waals surface area contributed by atoms with Crippen molar-refractivity contribution < 1.29 is 9.53 Å². The summed E-state index contributed by atoms with van der Waals surface area (Å²) >= 11 is 6.12. The number of carbonyl (C=O) groups excluding carboxylic acids is 1. The third kappa shape index (κ3) is 3.70. The van der Waals surface area contributed by atoms with E-state index in [1.807, 2.05) is 51.1 Å². The van der Waals surface area contributed by atoms with E-state index in [0.29, 0.717) is 42.2 Å². The molecular formula is C21H21ClN6O2. The summed E-state index contributed by atoms with van der Waals surface area (Å²) in [5.74, 6) is 1.37. The van der Waals surface area contributed by atoms with Crippen LogP contribution < -0.4 is 4.74 Å². The Balaban J connectivity index is 1.14. The lowest BCUT2D eigenvalue weighted by Gasteiger charge is -2.41. The molecule has 0 aliphatic carbocycles. The van der Waals surface area contributed by atoms with Gasteiger partial charge in [-0.15, -0.1) is 5.10 Å². The molecule has 0 unspecified atom stereocenters. The zero-order valence-electron chi connectivity index (χ0n) is 16.3. The van der Waals surface area contributed by atoms with E-state index in [1.165, 1.54) is 0 Å². The van der Waals surface area contributed by atoms with Gasteiger partial charge in [0.15, 0.2) is 0 Å². The highest BCUT2D eigenvalue weighted by Gasteiger charge is 2.37. The molecule has 154 valence electrons. The summed E-state index contributed by atoms with van der Waals surface area (Å²) in [6.45, 7) is 2.84. The van der Waals surface area contributed by atoms with Crippen LogP contribution in [-0.4, -0.2) is 62.0 Å². The Hall–Kier alpha value is -3.13. The average molecular weight is 425 g/mol. The number of urea groups is 1. The fraction of sp³-hybridized carbons (Fsp3) is 0.333. The number of para-hydroxylation sites is 1. The number of ether oxygens (including phenoxy) is 1. The number of pyridine rings is 1. The van der Waals surface area contributed by atoms with E-state index in [1.54, 1.807) is 18.3 Å². The van der Waals surface area contributed by atoms with Gasteiger partial charge in [-0.25, -0.2) is 14.5 Å². The molecule has 5 rings (SSSR count). The SMILES string of the molecule is O=C(N1CC(c2ccc(Oc3ccccc3Cl)nc2)C1)N1CC[C@@H](n2ccnn2)C1. The number of halogens is 1. The van der Waals surface area contributed by atoms with Crippen molar-refractivity contribution in [3.63, 3.8) is 0 Å². The monoisotopic (exact) mass is 424 g/mol. The van der Waals surface area contributed by atoms with Crippen molar-refractivity contribution in [1.29, 1.82) is 0 Å². The number of likely N-dealkylation sites (tertiary alicyclic amines) is 2. The Morgan fingerprint density at radius 2 is 1.97 bits per heavy atom. The summed E-state index contributed by atoms with van der Waals surface area (Å²) in [6.07, 6.45) is 6.24. The molecule has 0 radical (unpaired) electrons. The smallest absolute Gasteiger partial charge is 0.320 e. The maximum Gasteiger partial charge on any atom is 0.320 e. The number of aromatic nitrogens is 4. The number of rotatable bonds is 4. The van der Waals surface area contributed by atoms with Crippen LogP contribution in [0.4, 0.5) is 4.79 Å². The molecule has 2 amide bonds. The van der Waals surface area contributed by atoms with Gasteiger partial charge < -0.3 is 14.5 Å². The van der Waals surface area contributed by atoms with Gasteiger partial charge in [0.25, 0.3) is 0 Å². The molecule has 0 saturated carbocycles. The third-order valence-electron chi connectivity index (χ3n) is 5.68. The quantitative estimate of drug-likeness (QED) is 0.639. The largest absolute Gasteiger partial charge is 0.437 e. The van der Waals surface area contributed by atoms with E-state index in [4.69, 9.17) is 16.3 Å². The maximum atomic E-state index is 12.8. The molecule has 2 aliphatic rings. The van der Waals surface area contributed by atoms with Crippen LogP contribution >= 0.6 is 11.6 Å². The first-order valence-corrected chi connectivity index (χ1v) is 10.3. The van der Waals surface area contributed by atoms with Gasteiger partial charge in [0.2, 0.25) is 5.88 Å². The van der Waals surface area contributed by atoms with Crippen LogP contribution in [0.2, 0.25) is 5.02 Å². The van der Waals surface area contributed by atoms with Gasteiger partial charge in [0.05, 0.1) is 17.3 Å². The second kappa shape index (κ2) is 7.95. The van der Waals surface area contributed by atoms with Crippen LogP contribution in [0.25, 0.3) is 0 Å². The van der Waals surface area contributed by atoms with Crippen LogP contribution in [0.3, 0.4) is 0 Å². The number of benzene rings is 1. The summed E-state index contributed by atoms with van der Waals surface area (Å²) in [5, 5.41) is 8.45. The highest BCUT2D eigenvalue weighted by molar-refractivity contribution is 6.32. The van der Waals surface area contributed by atoms with Gasteiger partial charge in [-0.2, -0.15) is 0 Å². The van der Waals surface area contributed by atoms with Gasteiger partial charge >= 0.3 is 6.03 Å². The van der Waals surface area contributed by atoms with Crippen molar-refractivity contribution in [3.05, 3.63) is 65.6 Å². The van der Waals surface area contributed by atoms with E-state index in [2.05, 4.69) is 15.3 Å². The lowest BCUT2D eigenvalue weighted by atomic mass is 9.93. The standard InChI is InChI=1S/C21H21ClN6O2/c22-18-3-1-2-4-19(18)30-20-6-5-15(11-23-20)16-12-27(13-16)21(29)26-9-7-17(14-26)28-10-8-24-25-28/h1-6,8,10-11,16-17H,7,9,12-14H2/t17-/m1/s1. The summed E-state index contributed by atoms with van der Waals surface area (Å²) in [6, 6.07) is 11.5. The second-order valence-electron chi connectivity index (χ2n) is 7.62. The van der Waals surface area contributed by atoms with E-state index < -0.39 is 0 Å². The number of hydrogen-bond donors (Lipinski definition) is 0. The fourth-order valence-electron chi connectivity index (χ4n) is 3.92. The van der Waals surface area contributed by atoms with Gasteiger partial charge in [-0.1, -0.05) is 35.0 Å². The number of carbonyl (C=O) groups is 1. The Morgan fingerprint density at radius 3 is 2.70 bits per heavy atom. The van der Waals surface area contributed by atoms with Gasteiger partial charge in [-0.05, 0) is 24.1 Å². The van der Waals surface area contributed by atoms with Crippen LogP contribution in [0.1, 0.15) is 23.9 Å². The summed E-state index contributed by atoms with van der Waals surface area (Å²) in [7, 11) is 0. The summed E-state index contributed by atoms with van der Waals surface area (Å²) in [4.78, 5) is 21.0. The first kappa shape index (κ1) is 18.9. The minimum Gasteiger partial charge on any atom is -0.437 e. The first-order valence-electron chi connectivity index (χ1n) is 9.95. The molecule has 1 atom stereocenters. The molecular weight excluding hydrogens is 404 g/mol. The van der Waals surface area contributed by atoms with Crippen molar-refractivity contribution >= 4 is 17.6 Å². The Kier molecular flexibility index (Phi) is 5.00. The summed E-state index contributed by atoms with van der Waals surface area (Å²) < 4.78 is 7.57. The molecule has 1 aromatic carbocycles. The minimum atomic E-state index is 0.0977. The molecule has 0 bridgehead atoms. The average Bonchev–Trinajstić information content (AvgIpc) is 3.41. The predicted molar refractivity (Wildman–Crippen MR) is 111 cm³/mol. The normalized spacial score (nSPS) is 19.0. The molecule has 30 heavy (non-hydrogen) atoms. The van der Waals surface area contributed by atoms with Crippen molar-refractivity contribution in [1.82, 2.24) is 29.8 Å². The highest BCUT2D eigenvalue weighted by Crippen LogP contribution is 2.32. The van der Waals surface area contributed by atoms with E-state index in [0.717, 1.165) is 18.5 Å². The highest BCUT2D eigenvalue weighted by atomic mass is 35.5. The molecule has 9 heteroatoms. The molecule has 2 fully saturated rings. The second-order valence-corrected chi connectivity index (χ2v) is 8.03. The minimum absolute atomic E-state index is 0.0977. The molecule has 0 spiro atoms. The van der Waals surface area contributed by atoms with E-state index in [9.17, 15) is 4.79 Å².